The van der Waals surface area contributed by atoms with Crippen molar-refractivity contribution in [2.75, 3.05) is 20.3 Å². The lowest BCUT2D eigenvalue weighted by Gasteiger charge is -2.16. The van der Waals surface area contributed by atoms with Gasteiger partial charge in [0, 0.05) is 24.6 Å². The van der Waals surface area contributed by atoms with Gasteiger partial charge in [-0.3, -0.25) is 0 Å². The van der Waals surface area contributed by atoms with Crippen LogP contribution >= 0.6 is 27.5 Å². The molecule has 1 aromatic rings. The zero-order valence-corrected chi connectivity index (χ0v) is 13.6. The average molecular weight is 348 g/mol. The van der Waals surface area contributed by atoms with E-state index >= 15 is 0 Å². The second-order valence-corrected chi connectivity index (χ2v) is 6.24. The van der Waals surface area contributed by atoms with Gasteiger partial charge in [0.25, 0.3) is 0 Å². The van der Waals surface area contributed by atoms with Gasteiger partial charge < -0.3 is 9.47 Å². The van der Waals surface area contributed by atoms with E-state index < -0.39 is 0 Å². The molecule has 1 saturated carbocycles. The minimum atomic E-state index is 0.638. The van der Waals surface area contributed by atoms with E-state index in [1.807, 2.05) is 6.07 Å². The van der Waals surface area contributed by atoms with Crippen LogP contribution in [0.15, 0.2) is 16.6 Å². The molecule has 19 heavy (non-hydrogen) atoms. The van der Waals surface area contributed by atoms with Gasteiger partial charge >= 0.3 is 0 Å². The maximum atomic E-state index is 6.23. The fourth-order valence-corrected chi connectivity index (χ4v) is 3.61. The van der Waals surface area contributed by atoms with Crippen molar-refractivity contribution in [1.29, 1.82) is 0 Å². The molecule has 0 aromatic heterocycles. The molecule has 0 bridgehead atoms. The Morgan fingerprint density at radius 3 is 2.68 bits per heavy atom. The van der Waals surface area contributed by atoms with Crippen molar-refractivity contribution in [3.63, 3.8) is 0 Å². The van der Waals surface area contributed by atoms with E-state index in [1.165, 1.54) is 31.2 Å². The summed E-state index contributed by atoms with van der Waals surface area (Å²) in [6.45, 7) is 1.35. The van der Waals surface area contributed by atoms with E-state index in [2.05, 4.69) is 22.0 Å². The number of halogens is 2. The Hall–Kier alpha value is -0.250. The number of ether oxygens (including phenoxy) is 2. The first-order valence-electron chi connectivity index (χ1n) is 6.83. The highest BCUT2D eigenvalue weighted by Crippen LogP contribution is 2.41. The predicted molar refractivity (Wildman–Crippen MR) is 82.3 cm³/mol. The smallest absolute Gasteiger partial charge is 0.138 e. The Bertz CT molecular complexity index is 417. The molecule has 1 aliphatic rings. The molecular formula is C15H20BrClO2. The maximum Gasteiger partial charge on any atom is 0.138 e. The fourth-order valence-electron chi connectivity index (χ4n) is 2.59. The summed E-state index contributed by atoms with van der Waals surface area (Å²) in [5, 5.41) is 0.672. The molecule has 0 radical (unpaired) electrons. The van der Waals surface area contributed by atoms with E-state index in [0.29, 0.717) is 24.2 Å². The summed E-state index contributed by atoms with van der Waals surface area (Å²) in [4.78, 5) is 0. The molecule has 2 rings (SSSR count). The van der Waals surface area contributed by atoms with Gasteiger partial charge in [-0.2, -0.15) is 0 Å². The molecule has 0 N–H and O–H groups in total. The summed E-state index contributed by atoms with van der Waals surface area (Å²) < 4.78 is 11.9. The molecule has 2 nitrogen and oxygen atoms in total. The fraction of sp³-hybridized carbons (Fsp3) is 0.600. The topological polar surface area (TPSA) is 18.5 Å². The highest BCUT2D eigenvalue weighted by molar-refractivity contribution is 9.10. The van der Waals surface area contributed by atoms with Crippen molar-refractivity contribution in [2.24, 2.45) is 0 Å². The average Bonchev–Trinajstić information content (AvgIpc) is 2.90. The van der Waals surface area contributed by atoms with Gasteiger partial charge in [-0.25, -0.2) is 0 Å². The second kappa shape index (κ2) is 7.51. The first-order valence-corrected chi connectivity index (χ1v) is 8.00. The van der Waals surface area contributed by atoms with Gasteiger partial charge in [-0.1, -0.05) is 40.4 Å². The zero-order valence-electron chi connectivity index (χ0n) is 11.3. The molecule has 0 atom stereocenters. The minimum absolute atomic E-state index is 0.638. The van der Waals surface area contributed by atoms with Crippen molar-refractivity contribution in [3.8, 4) is 5.75 Å². The van der Waals surface area contributed by atoms with E-state index in [1.54, 1.807) is 7.11 Å². The number of methoxy groups -OCH3 is 1. The van der Waals surface area contributed by atoms with Crippen molar-refractivity contribution in [3.05, 3.63) is 27.2 Å². The van der Waals surface area contributed by atoms with E-state index in [4.69, 9.17) is 21.1 Å². The molecule has 0 unspecified atom stereocenters. The molecule has 0 spiro atoms. The minimum Gasteiger partial charge on any atom is -0.492 e. The van der Waals surface area contributed by atoms with Gasteiger partial charge in [0.1, 0.15) is 5.75 Å². The number of rotatable bonds is 6. The highest BCUT2D eigenvalue weighted by Gasteiger charge is 2.21. The summed E-state index contributed by atoms with van der Waals surface area (Å²) in [6, 6.07) is 4.07. The van der Waals surface area contributed by atoms with Crippen LogP contribution in [0.4, 0.5) is 0 Å². The molecule has 1 aromatic carbocycles. The molecular weight excluding hydrogens is 328 g/mol. The summed E-state index contributed by atoms with van der Waals surface area (Å²) >= 11 is 9.86. The van der Waals surface area contributed by atoms with Crippen LogP contribution in [-0.4, -0.2) is 20.3 Å². The van der Waals surface area contributed by atoms with Crippen molar-refractivity contribution >= 4 is 27.5 Å². The van der Waals surface area contributed by atoms with Crippen LogP contribution in [0.3, 0.4) is 0 Å². The van der Waals surface area contributed by atoms with Gasteiger partial charge in [0.2, 0.25) is 0 Å². The van der Waals surface area contributed by atoms with Crippen molar-refractivity contribution in [2.45, 2.75) is 38.0 Å². The largest absolute Gasteiger partial charge is 0.492 e. The Morgan fingerprint density at radius 1 is 1.26 bits per heavy atom. The summed E-state index contributed by atoms with van der Waals surface area (Å²) in [6.07, 6.45) is 6.06. The molecule has 0 heterocycles. The standard InChI is InChI=1S/C15H20BrClO2/c1-18-7-4-8-19-15-9-12(11-5-2-3-6-11)13(16)10-14(15)17/h9-11H,2-8H2,1H3. The SMILES string of the molecule is COCCCOc1cc(C2CCCC2)c(Br)cc1Cl. The third-order valence-corrected chi connectivity index (χ3v) is 4.58. The Labute approximate surface area is 128 Å². The van der Waals surface area contributed by atoms with E-state index in [9.17, 15) is 0 Å². The maximum absolute atomic E-state index is 6.23. The highest BCUT2D eigenvalue weighted by atomic mass is 79.9. The lowest BCUT2D eigenvalue weighted by Crippen LogP contribution is -2.03. The van der Waals surface area contributed by atoms with E-state index in [0.717, 1.165) is 16.6 Å². The third kappa shape index (κ3) is 4.11. The molecule has 4 heteroatoms. The van der Waals surface area contributed by atoms with Crippen LogP contribution in [0.5, 0.6) is 5.75 Å². The lowest BCUT2D eigenvalue weighted by atomic mass is 9.97. The van der Waals surface area contributed by atoms with Gasteiger partial charge in [-0.15, -0.1) is 0 Å². The zero-order chi connectivity index (χ0) is 13.7. The Balaban J connectivity index is 2.07. The summed E-state index contributed by atoms with van der Waals surface area (Å²) in [5.41, 5.74) is 1.34. The Morgan fingerprint density at radius 2 is 2.00 bits per heavy atom. The molecule has 1 aliphatic carbocycles. The van der Waals surface area contributed by atoms with Crippen LogP contribution in [0.25, 0.3) is 0 Å². The van der Waals surface area contributed by atoms with Crippen LogP contribution in [0, 0.1) is 0 Å². The molecule has 0 amide bonds. The number of hydrogen-bond acceptors (Lipinski definition) is 2. The van der Waals surface area contributed by atoms with Gasteiger partial charge in [0.05, 0.1) is 11.6 Å². The monoisotopic (exact) mass is 346 g/mol. The van der Waals surface area contributed by atoms with Gasteiger partial charge in [-0.05, 0) is 36.5 Å². The van der Waals surface area contributed by atoms with Crippen LogP contribution in [0.2, 0.25) is 5.02 Å². The predicted octanol–water partition coefficient (Wildman–Crippen LogP) is 5.18. The number of benzene rings is 1. The molecule has 106 valence electrons. The summed E-state index contributed by atoms with van der Waals surface area (Å²) in [7, 11) is 1.70. The summed E-state index contributed by atoms with van der Waals surface area (Å²) in [5.74, 6) is 1.44. The van der Waals surface area contributed by atoms with Crippen LogP contribution < -0.4 is 4.74 Å². The molecule has 1 fully saturated rings. The molecule has 0 aliphatic heterocycles. The number of hydrogen-bond donors (Lipinski definition) is 0. The van der Waals surface area contributed by atoms with Crippen molar-refractivity contribution in [1.82, 2.24) is 0 Å². The quantitative estimate of drug-likeness (QED) is 0.660. The van der Waals surface area contributed by atoms with Crippen LogP contribution in [0.1, 0.15) is 43.6 Å². The Kier molecular flexibility index (Phi) is 5.99. The van der Waals surface area contributed by atoms with Crippen LogP contribution in [-0.2, 0) is 4.74 Å². The second-order valence-electron chi connectivity index (χ2n) is 4.98. The third-order valence-electron chi connectivity index (χ3n) is 3.60. The van der Waals surface area contributed by atoms with Gasteiger partial charge in [0.15, 0.2) is 0 Å². The van der Waals surface area contributed by atoms with E-state index in [-0.39, 0.29) is 0 Å². The lowest BCUT2D eigenvalue weighted by molar-refractivity contribution is 0.172. The first-order chi connectivity index (χ1) is 9.22. The first kappa shape index (κ1) is 15.1. The van der Waals surface area contributed by atoms with Crippen molar-refractivity contribution < 1.29 is 9.47 Å². The molecule has 0 saturated heterocycles. The normalized spacial score (nSPS) is 15.9.